The Bertz CT molecular complexity index is 722. The molecule has 0 spiro atoms. The van der Waals surface area contributed by atoms with Crippen molar-refractivity contribution < 1.29 is 0 Å². The second-order valence-electron chi connectivity index (χ2n) is 5.92. The van der Waals surface area contributed by atoms with Gasteiger partial charge in [0.15, 0.2) is 5.65 Å². The van der Waals surface area contributed by atoms with Crippen molar-refractivity contribution >= 4 is 17.1 Å². The third kappa shape index (κ3) is 4.28. The third-order valence-corrected chi connectivity index (χ3v) is 4.14. The number of benzene rings is 1. The highest BCUT2D eigenvalue weighted by molar-refractivity contribution is 5.69. The number of nitrogens with one attached hydrogen (secondary N) is 2. The summed E-state index contributed by atoms with van der Waals surface area (Å²) in [5.74, 6) is 1.29. The quantitative estimate of drug-likeness (QED) is 0.614. The lowest BCUT2D eigenvalue weighted by atomic mass is 9.95. The van der Waals surface area contributed by atoms with Crippen LogP contribution in [0.4, 0.5) is 5.95 Å². The molecule has 3 rings (SSSR count). The van der Waals surface area contributed by atoms with E-state index in [-0.39, 0.29) is 0 Å². The largest absolute Gasteiger partial charge is 0.354 e. The van der Waals surface area contributed by atoms with E-state index in [9.17, 15) is 0 Å². The van der Waals surface area contributed by atoms with Gasteiger partial charge in [0, 0.05) is 6.54 Å². The minimum Gasteiger partial charge on any atom is -0.354 e. The monoisotopic (exact) mass is 309 g/mol. The van der Waals surface area contributed by atoms with Gasteiger partial charge in [-0.05, 0) is 24.3 Å². The molecule has 5 nitrogen and oxygen atoms in total. The maximum Gasteiger partial charge on any atom is 0.224 e. The highest BCUT2D eigenvalue weighted by Gasteiger charge is 2.04. The summed E-state index contributed by atoms with van der Waals surface area (Å²) in [5, 5.41) is 3.27. The van der Waals surface area contributed by atoms with Gasteiger partial charge >= 0.3 is 0 Å². The van der Waals surface area contributed by atoms with E-state index < -0.39 is 0 Å². The molecule has 0 bridgehead atoms. The number of H-pyrrole nitrogens is 1. The number of aromatic nitrogens is 4. The Morgan fingerprint density at radius 2 is 1.96 bits per heavy atom. The minimum absolute atomic E-state index is 0.634. The van der Waals surface area contributed by atoms with E-state index in [2.05, 4.69) is 62.5 Å². The summed E-state index contributed by atoms with van der Waals surface area (Å²) in [6.45, 7) is 3.20. The molecule has 3 aromatic rings. The Morgan fingerprint density at radius 3 is 2.83 bits per heavy atom. The van der Waals surface area contributed by atoms with Crippen LogP contribution >= 0.6 is 0 Å². The van der Waals surface area contributed by atoms with E-state index in [0.717, 1.165) is 18.5 Å². The van der Waals surface area contributed by atoms with Gasteiger partial charge in [0.1, 0.15) is 5.52 Å². The van der Waals surface area contributed by atoms with E-state index in [1.165, 1.54) is 24.8 Å². The summed E-state index contributed by atoms with van der Waals surface area (Å²) < 4.78 is 0. The van der Waals surface area contributed by atoms with Crippen LogP contribution in [0.2, 0.25) is 0 Å². The van der Waals surface area contributed by atoms with E-state index in [1.54, 1.807) is 12.5 Å². The summed E-state index contributed by atoms with van der Waals surface area (Å²) in [6, 6.07) is 10.7. The van der Waals surface area contributed by atoms with Crippen LogP contribution < -0.4 is 5.32 Å². The first-order valence-electron chi connectivity index (χ1n) is 8.28. The van der Waals surface area contributed by atoms with Crippen LogP contribution in [0.1, 0.15) is 44.1 Å². The van der Waals surface area contributed by atoms with Gasteiger partial charge in [-0.15, -0.1) is 0 Å². The Kier molecular flexibility index (Phi) is 5.19. The summed E-state index contributed by atoms with van der Waals surface area (Å²) in [5.41, 5.74) is 3.01. The second kappa shape index (κ2) is 7.72. The predicted molar refractivity (Wildman–Crippen MR) is 93.5 cm³/mol. The number of rotatable bonds is 8. The molecule has 0 saturated heterocycles. The molecule has 2 N–H and O–H groups in total. The van der Waals surface area contributed by atoms with Gasteiger partial charge in [-0.3, -0.25) is 0 Å². The van der Waals surface area contributed by atoms with E-state index in [4.69, 9.17) is 0 Å². The molecular weight excluding hydrogens is 286 g/mol. The van der Waals surface area contributed by atoms with Gasteiger partial charge in [-0.25, -0.2) is 9.97 Å². The van der Waals surface area contributed by atoms with Gasteiger partial charge in [0.05, 0.1) is 12.5 Å². The number of hydrogen-bond donors (Lipinski definition) is 2. The summed E-state index contributed by atoms with van der Waals surface area (Å²) in [7, 11) is 0. The molecule has 0 fully saturated rings. The molecule has 0 saturated carbocycles. The molecule has 23 heavy (non-hydrogen) atoms. The van der Waals surface area contributed by atoms with Gasteiger partial charge in [-0.2, -0.15) is 4.98 Å². The fourth-order valence-corrected chi connectivity index (χ4v) is 2.72. The molecule has 1 aromatic carbocycles. The van der Waals surface area contributed by atoms with E-state index in [1.807, 2.05) is 0 Å². The zero-order chi connectivity index (χ0) is 15.9. The first kappa shape index (κ1) is 15.5. The molecule has 0 aliphatic heterocycles. The SMILES string of the molecule is CC(CCCCCNc1ncc2[nH]cnc2n1)c1ccccc1. The highest BCUT2D eigenvalue weighted by Crippen LogP contribution is 2.21. The molecule has 2 aromatic heterocycles. The first-order chi connectivity index (χ1) is 11.3. The number of nitrogens with zero attached hydrogens (tertiary/aromatic N) is 3. The predicted octanol–water partition coefficient (Wildman–Crippen LogP) is 4.13. The fraction of sp³-hybridized carbons (Fsp3) is 0.389. The first-order valence-corrected chi connectivity index (χ1v) is 8.28. The van der Waals surface area contributed by atoms with Crippen molar-refractivity contribution in [3.63, 3.8) is 0 Å². The molecule has 2 heterocycles. The Labute approximate surface area is 136 Å². The van der Waals surface area contributed by atoms with Gasteiger partial charge < -0.3 is 10.3 Å². The van der Waals surface area contributed by atoms with Crippen LogP contribution in [0.25, 0.3) is 11.2 Å². The van der Waals surface area contributed by atoms with Crippen LogP contribution in [0.5, 0.6) is 0 Å². The van der Waals surface area contributed by atoms with Crippen molar-refractivity contribution in [2.24, 2.45) is 0 Å². The van der Waals surface area contributed by atoms with Crippen LogP contribution in [-0.2, 0) is 0 Å². The maximum atomic E-state index is 4.36. The van der Waals surface area contributed by atoms with Crippen molar-refractivity contribution in [2.75, 3.05) is 11.9 Å². The molecule has 0 aliphatic carbocycles. The third-order valence-electron chi connectivity index (χ3n) is 4.14. The van der Waals surface area contributed by atoms with E-state index >= 15 is 0 Å². The number of anilines is 1. The van der Waals surface area contributed by atoms with Crippen LogP contribution in [0.15, 0.2) is 42.9 Å². The van der Waals surface area contributed by atoms with Gasteiger partial charge in [0.2, 0.25) is 5.95 Å². The topological polar surface area (TPSA) is 66.5 Å². The minimum atomic E-state index is 0.634. The molecule has 0 radical (unpaired) electrons. The smallest absolute Gasteiger partial charge is 0.224 e. The Hall–Kier alpha value is -2.43. The molecule has 1 unspecified atom stereocenters. The number of unbranched alkanes of at least 4 members (excludes halogenated alkanes) is 2. The Balaban J connectivity index is 1.34. The average molecular weight is 309 g/mol. The average Bonchev–Trinajstić information content (AvgIpc) is 3.06. The van der Waals surface area contributed by atoms with Gasteiger partial charge in [0.25, 0.3) is 0 Å². The molecular formula is C18H23N5. The number of fused-ring (bicyclic) bond motifs is 1. The number of aromatic amines is 1. The Morgan fingerprint density at radius 1 is 1.09 bits per heavy atom. The molecule has 120 valence electrons. The summed E-state index contributed by atoms with van der Waals surface area (Å²) in [4.78, 5) is 15.8. The summed E-state index contributed by atoms with van der Waals surface area (Å²) >= 11 is 0. The summed E-state index contributed by atoms with van der Waals surface area (Å²) in [6.07, 6.45) is 8.23. The second-order valence-corrected chi connectivity index (χ2v) is 5.92. The van der Waals surface area contributed by atoms with Crippen LogP contribution in [0.3, 0.4) is 0 Å². The maximum absolute atomic E-state index is 4.36. The van der Waals surface area contributed by atoms with Crippen molar-refractivity contribution in [2.45, 2.75) is 38.5 Å². The molecule has 1 atom stereocenters. The lowest BCUT2D eigenvalue weighted by molar-refractivity contribution is 0.591. The van der Waals surface area contributed by atoms with Gasteiger partial charge in [-0.1, -0.05) is 50.1 Å². The van der Waals surface area contributed by atoms with Crippen molar-refractivity contribution in [1.82, 2.24) is 19.9 Å². The van der Waals surface area contributed by atoms with Crippen molar-refractivity contribution in [3.8, 4) is 0 Å². The van der Waals surface area contributed by atoms with E-state index in [0.29, 0.717) is 17.5 Å². The number of imidazole rings is 1. The standard InChI is InChI=1S/C18H23N5/c1-14(15-9-5-2-6-10-15)8-4-3-7-11-19-18-20-12-16-17(23-18)22-13-21-16/h2,5-6,9-10,12-14H,3-4,7-8,11H2,1H3,(H2,19,20,21,22,23). The lowest BCUT2D eigenvalue weighted by Crippen LogP contribution is -2.05. The molecule has 0 amide bonds. The normalized spacial score (nSPS) is 12.4. The van der Waals surface area contributed by atoms with Crippen LogP contribution in [0, 0.1) is 0 Å². The fourth-order valence-electron chi connectivity index (χ4n) is 2.72. The zero-order valence-electron chi connectivity index (χ0n) is 13.5. The number of hydrogen-bond acceptors (Lipinski definition) is 4. The van der Waals surface area contributed by atoms with Crippen LogP contribution in [-0.4, -0.2) is 26.5 Å². The van der Waals surface area contributed by atoms with Crippen molar-refractivity contribution in [3.05, 3.63) is 48.4 Å². The lowest BCUT2D eigenvalue weighted by Gasteiger charge is -2.11. The molecule has 0 aliphatic rings. The highest BCUT2D eigenvalue weighted by atomic mass is 15.1. The zero-order valence-corrected chi connectivity index (χ0v) is 13.5. The molecule has 5 heteroatoms. The van der Waals surface area contributed by atoms with Crippen molar-refractivity contribution in [1.29, 1.82) is 0 Å².